The standard InChI is InChI=1S/C15H15BrFNO2/c16-14-6-11(17)1-4-15(14)20-9-13-5-10(8-19-13)7-18-12-2-3-12/h1,4-6,8,12,18H,2-3,7,9H2. The lowest BCUT2D eigenvalue weighted by molar-refractivity contribution is 0.268. The van der Waals surface area contributed by atoms with Gasteiger partial charge in [-0.15, -0.1) is 0 Å². The van der Waals surface area contributed by atoms with E-state index in [9.17, 15) is 4.39 Å². The summed E-state index contributed by atoms with van der Waals surface area (Å²) in [6.45, 7) is 1.15. The fourth-order valence-corrected chi connectivity index (χ4v) is 2.35. The zero-order chi connectivity index (χ0) is 13.9. The molecule has 3 rings (SSSR count). The van der Waals surface area contributed by atoms with Gasteiger partial charge in [0.15, 0.2) is 0 Å². The first-order chi connectivity index (χ1) is 9.70. The van der Waals surface area contributed by atoms with Gasteiger partial charge in [-0.05, 0) is 53.0 Å². The Morgan fingerprint density at radius 1 is 1.35 bits per heavy atom. The lowest BCUT2D eigenvalue weighted by Gasteiger charge is -2.06. The molecule has 1 saturated carbocycles. The third-order valence-electron chi connectivity index (χ3n) is 3.14. The van der Waals surface area contributed by atoms with Gasteiger partial charge >= 0.3 is 0 Å². The van der Waals surface area contributed by atoms with Crippen LogP contribution >= 0.6 is 15.9 Å². The lowest BCUT2D eigenvalue weighted by Crippen LogP contribution is -2.14. The summed E-state index contributed by atoms with van der Waals surface area (Å²) in [5, 5.41) is 3.43. The van der Waals surface area contributed by atoms with Crippen molar-refractivity contribution in [2.75, 3.05) is 0 Å². The van der Waals surface area contributed by atoms with E-state index in [2.05, 4.69) is 21.2 Å². The van der Waals surface area contributed by atoms with Crippen molar-refractivity contribution in [2.45, 2.75) is 32.0 Å². The van der Waals surface area contributed by atoms with Crippen LogP contribution in [-0.4, -0.2) is 6.04 Å². The van der Waals surface area contributed by atoms with Crippen LogP contribution in [-0.2, 0) is 13.2 Å². The van der Waals surface area contributed by atoms with Crippen LogP contribution in [0.5, 0.6) is 5.75 Å². The Bertz CT molecular complexity index is 595. The van der Waals surface area contributed by atoms with Crippen LogP contribution in [0.2, 0.25) is 0 Å². The van der Waals surface area contributed by atoms with Crippen molar-refractivity contribution in [1.82, 2.24) is 5.32 Å². The molecule has 5 heteroatoms. The average Bonchev–Trinajstić information content (AvgIpc) is 3.14. The first-order valence-corrected chi connectivity index (χ1v) is 7.37. The van der Waals surface area contributed by atoms with Crippen molar-refractivity contribution in [2.24, 2.45) is 0 Å². The lowest BCUT2D eigenvalue weighted by atomic mass is 10.3. The van der Waals surface area contributed by atoms with Gasteiger partial charge in [0.2, 0.25) is 0 Å². The van der Waals surface area contributed by atoms with Crippen molar-refractivity contribution >= 4 is 15.9 Å². The monoisotopic (exact) mass is 339 g/mol. The van der Waals surface area contributed by atoms with Crippen molar-refractivity contribution in [3.05, 3.63) is 52.1 Å². The Morgan fingerprint density at radius 2 is 2.20 bits per heavy atom. The maximum Gasteiger partial charge on any atom is 0.146 e. The van der Waals surface area contributed by atoms with E-state index in [1.54, 1.807) is 12.3 Å². The van der Waals surface area contributed by atoms with Crippen molar-refractivity contribution < 1.29 is 13.5 Å². The molecule has 0 unspecified atom stereocenters. The molecule has 1 aliphatic carbocycles. The normalized spacial score (nSPS) is 14.5. The van der Waals surface area contributed by atoms with Gasteiger partial charge in [-0.3, -0.25) is 0 Å². The van der Waals surface area contributed by atoms with Crippen LogP contribution in [0, 0.1) is 5.82 Å². The van der Waals surface area contributed by atoms with Gasteiger partial charge < -0.3 is 14.5 Å². The van der Waals surface area contributed by atoms with E-state index in [1.807, 2.05) is 6.07 Å². The van der Waals surface area contributed by atoms with Crippen molar-refractivity contribution in [1.29, 1.82) is 0 Å². The van der Waals surface area contributed by atoms with Gasteiger partial charge in [0.25, 0.3) is 0 Å². The number of nitrogens with one attached hydrogen (secondary N) is 1. The fourth-order valence-electron chi connectivity index (χ4n) is 1.89. The highest BCUT2D eigenvalue weighted by Gasteiger charge is 2.20. The van der Waals surface area contributed by atoms with Gasteiger partial charge in [-0.2, -0.15) is 0 Å². The molecule has 0 aliphatic heterocycles. The Morgan fingerprint density at radius 3 is 2.95 bits per heavy atom. The second kappa shape index (κ2) is 5.97. The number of hydrogen-bond donors (Lipinski definition) is 1. The smallest absolute Gasteiger partial charge is 0.146 e. The van der Waals surface area contributed by atoms with E-state index in [0.29, 0.717) is 22.9 Å². The number of halogens is 2. The molecule has 1 aliphatic rings. The topological polar surface area (TPSA) is 34.4 Å². The number of furan rings is 1. The Kier molecular flexibility index (Phi) is 4.08. The van der Waals surface area contributed by atoms with Gasteiger partial charge in [-0.25, -0.2) is 4.39 Å². The summed E-state index contributed by atoms with van der Waals surface area (Å²) in [5.41, 5.74) is 1.12. The average molecular weight is 340 g/mol. The molecule has 0 radical (unpaired) electrons. The molecule has 0 atom stereocenters. The minimum atomic E-state index is -0.296. The molecule has 1 N–H and O–H groups in total. The van der Waals surface area contributed by atoms with Crippen molar-refractivity contribution in [3.63, 3.8) is 0 Å². The highest BCUT2D eigenvalue weighted by molar-refractivity contribution is 9.10. The molecule has 2 aromatic rings. The zero-order valence-corrected chi connectivity index (χ0v) is 12.5. The van der Waals surface area contributed by atoms with Crippen molar-refractivity contribution in [3.8, 4) is 5.75 Å². The van der Waals surface area contributed by atoms with E-state index in [0.717, 1.165) is 17.9 Å². The second-order valence-corrected chi connectivity index (χ2v) is 5.79. The molecule has 3 nitrogen and oxygen atoms in total. The summed E-state index contributed by atoms with van der Waals surface area (Å²) in [6.07, 6.45) is 4.28. The van der Waals surface area contributed by atoms with Crippen LogP contribution < -0.4 is 10.1 Å². The third kappa shape index (κ3) is 3.61. The van der Waals surface area contributed by atoms with Gasteiger partial charge in [0.05, 0.1) is 10.7 Å². The van der Waals surface area contributed by atoms with Crippen LogP contribution in [0.15, 0.2) is 39.4 Å². The van der Waals surface area contributed by atoms with E-state index < -0.39 is 0 Å². The van der Waals surface area contributed by atoms with Crippen LogP contribution in [0.3, 0.4) is 0 Å². The van der Waals surface area contributed by atoms with E-state index in [4.69, 9.17) is 9.15 Å². The van der Waals surface area contributed by atoms with E-state index in [-0.39, 0.29) is 5.82 Å². The molecule has 106 valence electrons. The predicted octanol–water partition coefficient (Wildman–Crippen LogP) is 4.01. The number of rotatable bonds is 6. The summed E-state index contributed by atoms with van der Waals surface area (Å²) in [6, 6.07) is 7.00. The van der Waals surface area contributed by atoms with E-state index in [1.165, 1.54) is 25.0 Å². The fraction of sp³-hybridized carbons (Fsp3) is 0.333. The molecule has 1 fully saturated rings. The molecule has 20 heavy (non-hydrogen) atoms. The molecular weight excluding hydrogens is 325 g/mol. The first kappa shape index (κ1) is 13.6. The molecular formula is C15H15BrFNO2. The van der Waals surface area contributed by atoms with Crippen LogP contribution in [0.4, 0.5) is 4.39 Å². The largest absolute Gasteiger partial charge is 0.484 e. The molecule has 0 bridgehead atoms. The third-order valence-corrected chi connectivity index (χ3v) is 3.76. The van der Waals surface area contributed by atoms with Crippen LogP contribution in [0.1, 0.15) is 24.2 Å². The van der Waals surface area contributed by atoms with Crippen LogP contribution in [0.25, 0.3) is 0 Å². The minimum absolute atomic E-state index is 0.296. The highest BCUT2D eigenvalue weighted by Crippen LogP contribution is 2.26. The minimum Gasteiger partial charge on any atom is -0.484 e. The Hall–Kier alpha value is -1.33. The second-order valence-electron chi connectivity index (χ2n) is 4.94. The molecule has 0 spiro atoms. The zero-order valence-electron chi connectivity index (χ0n) is 10.9. The maximum atomic E-state index is 13.0. The molecule has 1 heterocycles. The van der Waals surface area contributed by atoms with Gasteiger partial charge in [0.1, 0.15) is 23.9 Å². The summed E-state index contributed by atoms with van der Waals surface area (Å²) >= 11 is 3.27. The Balaban J connectivity index is 1.54. The summed E-state index contributed by atoms with van der Waals surface area (Å²) in [5.74, 6) is 1.06. The maximum absolute atomic E-state index is 13.0. The predicted molar refractivity (Wildman–Crippen MR) is 77.0 cm³/mol. The molecule has 1 aromatic carbocycles. The Labute approximate surface area is 125 Å². The SMILES string of the molecule is Fc1ccc(OCc2cc(CNC3CC3)co2)c(Br)c1. The summed E-state index contributed by atoms with van der Waals surface area (Å²) < 4.78 is 24.6. The molecule has 0 amide bonds. The quantitative estimate of drug-likeness (QED) is 0.863. The summed E-state index contributed by atoms with van der Waals surface area (Å²) in [7, 11) is 0. The first-order valence-electron chi connectivity index (χ1n) is 6.58. The highest BCUT2D eigenvalue weighted by atomic mass is 79.9. The summed E-state index contributed by atoms with van der Waals surface area (Å²) in [4.78, 5) is 0. The van der Waals surface area contributed by atoms with Gasteiger partial charge in [0, 0.05) is 18.2 Å². The number of ether oxygens (including phenoxy) is 1. The number of hydrogen-bond acceptors (Lipinski definition) is 3. The number of benzene rings is 1. The molecule has 0 saturated heterocycles. The van der Waals surface area contributed by atoms with E-state index >= 15 is 0 Å². The van der Waals surface area contributed by atoms with Gasteiger partial charge in [-0.1, -0.05) is 0 Å². The molecule has 1 aromatic heterocycles.